The van der Waals surface area contributed by atoms with E-state index in [-0.39, 0.29) is 11.7 Å². The van der Waals surface area contributed by atoms with Crippen LogP contribution in [-0.2, 0) is 6.42 Å². The van der Waals surface area contributed by atoms with Gasteiger partial charge in [-0.25, -0.2) is 0 Å². The Labute approximate surface area is 124 Å². The number of phenols is 1. The van der Waals surface area contributed by atoms with E-state index in [0.29, 0.717) is 12.1 Å². The van der Waals surface area contributed by atoms with Gasteiger partial charge in [-0.3, -0.25) is 4.79 Å². The second kappa shape index (κ2) is 5.87. The molecular formula is C17H18N2O2. The van der Waals surface area contributed by atoms with Crippen LogP contribution in [0.1, 0.15) is 15.9 Å². The standard InChI is InChI=1S/C17H18N2O2/c20-15-7-5-14(6-8-15)17(21)18-10-12-19-11-9-13-3-1-2-4-16(13)19/h1-8,20H,9-12H2,(H,18,21). The van der Waals surface area contributed by atoms with E-state index < -0.39 is 0 Å². The van der Waals surface area contributed by atoms with Crippen LogP contribution in [0.4, 0.5) is 5.69 Å². The van der Waals surface area contributed by atoms with Gasteiger partial charge in [0.15, 0.2) is 0 Å². The fraction of sp³-hybridized carbons (Fsp3) is 0.235. The van der Waals surface area contributed by atoms with Crippen molar-refractivity contribution in [2.45, 2.75) is 6.42 Å². The minimum Gasteiger partial charge on any atom is -0.508 e. The van der Waals surface area contributed by atoms with Crippen LogP contribution in [0.3, 0.4) is 0 Å². The molecule has 1 amide bonds. The number of fused-ring (bicyclic) bond motifs is 1. The van der Waals surface area contributed by atoms with Gasteiger partial charge >= 0.3 is 0 Å². The van der Waals surface area contributed by atoms with Crippen LogP contribution < -0.4 is 10.2 Å². The number of nitrogens with one attached hydrogen (secondary N) is 1. The molecular weight excluding hydrogens is 264 g/mol. The molecule has 0 bridgehead atoms. The highest BCUT2D eigenvalue weighted by molar-refractivity contribution is 5.94. The molecule has 1 heterocycles. The number of nitrogens with zero attached hydrogens (tertiary/aromatic N) is 1. The minimum atomic E-state index is -0.109. The molecule has 0 saturated carbocycles. The Bertz CT molecular complexity index is 637. The fourth-order valence-corrected chi connectivity index (χ4v) is 2.66. The number of anilines is 1. The van der Waals surface area contributed by atoms with Gasteiger partial charge in [-0.05, 0) is 42.3 Å². The van der Waals surface area contributed by atoms with E-state index in [4.69, 9.17) is 0 Å². The number of hydrogen-bond donors (Lipinski definition) is 2. The first-order valence-corrected chi connectivity index (χ1v) is 7.14. The summed E-state index contributed by atoms with van der Waals surface area (Å²) in [4.78, 5) is 14.3. The minimum absolute atomic E-state index is 0.109. The number of para-hydroxylation sites is 1. The Hall–Kier alpha value is -2.49. The number of rotatable bonds is 4. The third-order valence-corrected chi connectivity index (χ3v) is 3.78. The molecule has 3 rings (SSSR count). The third-order valence-electron chi connectivity index (χ3n) is 3.78. The van der Waals surface area contributed by atoms with Crippen LogP contribution in [0.25, 0.3) is 0 Å². The Morgan fingerprint density at radius 3 is 2.71 bits per heavy atom. The zero-order valence-electron chi connectivity index (χ0n) is 11.7. The van der Waals surface area contributed by atoms with Crippen molar-refractivity contribution in [2.75, 3.05) is 24.5 Å². The van der Waals surface area contributed by atoms with Crippen LogP contribution in [0.2, 0.25) is 0 Å². The van der Waals surface area contributed by atoms with Crippen LogP contribution in [0, 0.1) is 0 Å². The molecule has 2 aromatic carbocycles. The highest BCUT2D eigenvalue weighted by Crippen LogP contribution is 2.26. The SMILES string of the molecule is O=C(NCCN1CCc2ccccc21)c1ccc(O)cc1. The van der Waals surface area contributed by atoms with Crippen LogP contribution >= 0.6 is 0 Å². The van der Waals surface area contributed by atoms with E-state index in [1.165, 1.54) is 23.4 Å². The number of benzene rings is 2. The number of phenolic OH excluding ortho intramolecular Hbond substituents is 1. The van der Waals surface area contributed by atoms with Crippen molar-refractivity contribution >= 4 is 11.6 Å². The highest BCUT2D eigenvalue weighted by Gasteiger charge is 2.17. The first kappa shape index (κ1) is 13.5. The molecule has 4 heteroatoms. The van der Waals surface area contributed by atoms with Crippen LogP contribution in [0.5, 0.6) is 5.75 Å². The summed E-state index contributed by atoms with van der Waals surface area (Å²) in [6.07, 6.45) is 1.07. The van der Waals surface area contributed by atoms with E-state index in [0.717, 1.165) is 19.5 Å². The maximum atomic E-state index is 12.0. The van der Waals surface area contributed by atoms with Gasteiger partial charge in [0.25, 0.3) is 5.91 Å². The number of carbonyl (C=O) groups is 1. The summed E-state index contributed by atoms with van der Waals surface area (Å²) in [7, 11) is 0. The second-order valence-electron chi connectivity index (χ2n) is 5.17. The van der Waals surface area contributed by atoms with Gasteiger partial charge in [0.1, 0.15) is 5.75 Å². The number of carbonyl (C=O) groups excluding carboxylic acids is 1. The number of aromatic hydroxyl groups is 1. The highest BCUT2D eigenvalue weighted by atomic mass is 16.3. The molecule has 21 heavy (non-hydrogen) atoms. The molecule has 0 aromatic heterocycles. The summed E-state index contributed by atoms with van der Waals surface area (Å²) in [5.41, 5.74) is 3.22. The number of amides is 1. The average Bonchev–Trinajstić information content (AvgIpc) is 2.91. The summed E-state index contributed by atoms with van der Waals surface area (Å²) in [5, 5.41) is 12.1. The molecule has 0 unspecified atom stereocenters. The van der Waals surface area contributed by atoms with Crippen molar-refractivity contribution in [2.24, 2.45) is 0 Å². The van der Waals surface area contributed by atoms with E-state index in [9.17, 15) is 9.90 Å². The van der Waals surface area contributed by atoms with Crippen LogP contribution in [-0.4, -0.2) is 30.6 Å². The van der Waals surface area contributed by atoms with Crippen molar-refractivity contribution in [3.8, 4) is 5.75 Å². The van der Waals surface area contributed by atoms with Gasteiger partial charge in [-0.1, -0.05) is 18.2 Å². The fourth-order valence-electron chi connectivity index (χ4n) is 2.66. The molecule has 2 aromatic rings. The maximum Gasteiger partial charge on any atom is 0.251 e. The summed E-state index contributed by atoms with van der Waals surface area (Å²) in [5.74, 6) is 0.0581. The molecule has 2 N–H and O–H groups in total. The van der Waals surface area contributed by atoms with E-state index >= 15 is 0 Å². The largest absolute Gasteiger partial charge is 0.508 e. The molecule has 1 aliphatic rings. The predicted octanol–water partition coefficient (Wildman–Crippen LogP) is 2.18. The lowest BCUT2D eigenvalue weighted by Crippen LogP contribution is -2.34. The van der Waals surface area contributed by atoms with Crippen molar-refractivity contribution in [1.82, 2.24) is 5.32 Å². The molecule has 0 atom stereocenters. The van der Waals surface area contributed by atoms with Crippen molar-refractivity contribution in [3.63, 3.8) is 0 Å². The summed E-state index contributed by atoms with van der Waals surface area (Å²) in [6.45, 7) is 2.42. The van der Waals surface area contributed by atoms with Gasteiger partial charge in [0.2, 0.25) is 0 Å². The molecule has 1 aliphatic heterocycles. The normalized spacial score (nSPS) is 13.0. The van der Waals surface area contributed by atoms with Gasteiger partial charge in [-0.2, -0.15) is 0 Å². The first-order chi connectivity index (χ1) is 10.2. The smallest absolute Gasteiger partial charge is 0.251 e. The predicted molar refractivity (Wildman–Crippen MR) is 82.8 cm³/mol. The zero-order valence-corrected chi connectivity index (χ0v) is 11.7. The molecule has 0 radical (unpaired) electrons. The van der Waals surface area contributed by atoms with Crippen molar-refractivity contribution in [3.05, 3.63) is 59.7 Å². The van der Waals surface area contributed by atoms with E-state index in [1.54, 1.807) is 12.1 Å². The van der Waals surface area contributed by atoms with Crippen molar-refractivity contribution in [1.29, 1.82) is 0 Å². The Kier molecular flexibility index (Phi) is 3.77. The number of hydrogen-bond acceptors (Lipinski definition) is 3. The molecule has 0 fully saturated rings. The molecule has 4 nitrogen and oxygen atoms in total. The lowest BCUT2D eigenvalue weighted by Gasteiger charge is -2.19. The Balaban J connectivity index is 1.53. The molecule has 0 spiro atoms. The van der Waals surface area contributed by atoms with Gasteiger partial charge < -0.3 is 15.3 Å². The van der Waals surface area contributed by atoms with Crippen LogP contribution in [0.15, 0.2) is 48.5 Å². The van der Waals surface area contributed by atoms with E-state index in [2.05, 4.69) is 28.4 Å². The topological polar surface area (TPSA) is 52.6 Å². The quantitative estimate of drug-likeness (QED) is 0.904. The molecule has 0 aliphatic carbocycles. The maximum absolute atomic E-state index is 12.0. The molecule has 0 saturated heterocycles. The lowest BCUT2D eigenvalue weighted by molar-refractivity contribution is 0.0954. The Morgan fingerprint density at radius 1 is 1.14 bits per heavy atom. The summed E-state index contributed by atoms with van der Waals surface area (Å²) < 4.78 is 0. The Morgan fingerprint density at radius 2 is 1.90 bits per heavy atom. The third kappa shape index (κ3) is 2.99. The lowest BCUT2D eigenvalue weighted by atomic mass is 10.2. The zero-order chi connectivity index (χ0) is 14.7. The van der Waals surface area contributed by atoms with Gasteiger partial charge in [-0.15, -0.1) is 0 Å². The molecule has 108 valence electrons. The van der Waals surface area contributed by atoms with Gasteiger partial charge in [0, 0.05) is 30.9 Å². The van der Waals surface area contributed by atoms with Gasteiger partial charge in [0.05, 0.1) is 0 Å². The first-order valence-electron chi connectivity index (χ1n) is 7.14. The second-order valence-corrected chi connectivity index (χ2v) is 5.17. The van der Waals surface area contributed by atoms with Crippen molar-refractivity contribution < 1.29 is 9.90 Å². The summed E-state index contributed by atoms with van der Waals surface area (Å²) >= 11 is 0. The van der Waals surface area contributed by atoms with E-state index in [1.807, 2.05) is 6.07 Å². The average molecular weight is 282 g/mol. The monoisotopic (exact) mass is 282 g/mol. The summed E-state index contributed by atoms with van der Waals surface area (Å²) in [6, 6.07) is 14.7.